The van der Waals surface area contributed by atoms with Gasteiger partial charge in [0.2, 0.25) is 0 Å². The van der Waals surface area contributed by atoms with Gasteiger partial charge in [0, 0.05) is 13.1 Å². The molecule has 4 heteroatoms. The van der Waals surface area contributed by atoms with Crippen molar-refractivity contribution >= 4 is 18.4 Å². The largest absolute Gasteiger partial charge is 0.481 e. The Morgan fingerprint density at radius 2 is 2.09 bits per heavy atom. The van der Waals surface area contributed by atoms with Gasteiger partial charge in [0.25, 0.3) is 0 Å². The summed E-state index contributed by atoms with van der Waals surface area (Å²) in [5.74, 6) is -0.496. The van der Waals surface area contributed by atoms with Crippen LogP contribution in [0.4, 0.5) is 0 Å². The van der Waals surface area contributed by atoms with Crippen LogP contribution in [-0.2, 0) is 4.79 Å². The molecule has 0 spiro atoms. The Hall–Kier alpha value is -0.280. The molecule has 2 atom stereocenters. The second kappa shape index (κ2) is 3.93. The van der Waals surface area contributed by atoms with Crippen LogP contribution >= 0.6 is 12.4 Å². The standard InChI is InChI=1S/C7H13NO2.ClH/c1-5-3-8(2)4-6(5)7(9)10;/h5-6H,3-4H2,1-2H3,(H,9,10);1H. The molecule has 1 fully saturated rings. The topological polar surface area (TPSA) is 40.5 Å². The third-order valence-corrected chi connectivity index (χ3v) is 2.11. The Bertz CT molecular complexity index is 151. The van der Waals surface area contributed by atoms with Gasteiger partial charge in [-0.25, -0.2) is 0 Å². The summed E-state index contributed by atoms with van der Waals surface area (Å²) < 4.78 is 0. The van der Waals surface area contributed by atoms with Crippen molar-refractivity contribution in [2.75, 3.05) is 20.1 Å². The highest BCUT2D eigenvalue weighted by atomic mass is 35.5. The van der Waals surface area contributed by atoms with Crippen LogP contribution in [0.1, 0.15) is 6.92 Å². The average Bonchev–Trinajstić information content (AvgIpc) is 2.10. The number of aliphatic carboxylic acids is 1. The van der Waals surface area contributed by atoms with E-state index in [1.807, 2.05) is 14.0 Å². The summed E-state index contributed by atoms with van der Waals surface area (Å²) in [5, 5.41) is 8.67. The molecule has 66 valence electrons. The van der Waals surface area contributed by atoms with E-state index in [1.165, 1.54) is 0 Å². The van der Waals surface area contributed by atoms with Gasteiger partial charge in [-0.1, -0.05) is 6.92 Å². The van der Waals surface area contributed by atoms with Crippen molar-refractivity contribution in [3.8, 4) is 0 Å². The van der Waals surface area contributed by atoms with Crippen molar-refractivity contribution in [2.24, 2.45) is 11.8 Å². The average molecular weight is 180 g/mol. The van der Waals surface area contributed by atoms with E-state index in [-0.39, 0.29) is 18.3 Å². The van der Waals surface area contributed by atoms with Gasteiger partial charge in [0.15, 0.2) is 0 Å². The number of hydrogen-bond donors (Lipinski definition) is 1. The maximum absolute atomic E-state index is 10.5. The highest BCUT2D eigenvalue weighted by molar-refractivity contribution is 5.85. The van der Waals surface area contributed by atoms with E-state index in [0.717, 1.165) is 6.54 Å². The minimum absolute atomic E-state index is 0. The van der Waals surface area contributed by atoms with Crippen LogP contribution < -0.4 is 0 Å². The highest BCUT2D eigenvalue weighted by Gasteiger charge is 2.32. The lowest BCUT2D eigenvalue weighted by atomic mass is 9.99. The molecule has 2 unspecified atom stereocenters. The second-order valence-electron chi connectivity index (χ2n) is 3.14. The number of carboxylic acid groups (broad SMARTS) is 1. The van der Waals surface area contributed by atoms with Gasteiger partial charge >= 0.3 is 5.97 Å². The van der Waals surface area contributed by atoms with Crippen molar-refractivity contribution in [3.05, 3.63) is 0 Å². The molecule has 1 aliphatic rings. The van der Waals surface area contributed by atoms with Crippen LogP contribution in [0.15, 0.2) is 0 Å². The third kappa shape index (κ3) is 2.34. The summed E-state index contributed by atoms with van der Waals surface area (Å²) in [6.45, 7) is 3.61. The fourth-order valence-corrected chi connectivity index (χ4v) is 1.53. The lowest BCUT2D eigenvalue weighted by molar-refractivity contribution is -0.142. The SMILES string of the molecule is CC1CN(C)CC1C(=O)O.Cl. The molecular formula is C7H14ClNO2. The first-order chi connectivity index (χ1) is 4.61. The fraction of sp³-hybridized carbons (Fsp3) is 0.857. The zero-order valence-corrected chi connectivity index (χ0v) is 7.60. The van der Waals surface area contributed by atoms with Gasteiger partial charge < -0.3 is 10.0 Å². The van der Waals surface area contributed by atoms with Gasteiger partial charge in [-0.05, 0) is 13.0 Å². The quantitative estimate of drug-likeness (QED) is 0.644. The van der Waals surface area contributed by atoms with Gasteiger partial charge in [-0.3, -0.25) is 4.79 Å². The lowest BCUT2D eigenvalue weighted by Crippen LogP contribution is -2.20. The molecule has 0 bridgehead atoms. The molecule has 0 aliphatic carbocycles. The number of carboxylic acids is 1. The maximum atomic E-state index is 10.5. The molecule has 0 aromatic heterocycles. The Kier molecular flexibility index (Phi) is 3.83. The van der Waals surface area contributed by atoms with E-state index in [0.29, 0.717) is 12.5 Å². The van der Waals surface area contributed by atoms with Gasteiger partial charge in [0.05, 0.1) is 5.92 Å². The van der Waals surface area contributed by atoms with Gasteiger partial charge in [-0.15, -0.1) is 12.4 Å². The second-order valence-corrected chi connectivity index (χ2v) is 3.14. The first-order valence-electron chi connectivity index (χ1n) is 3.52. The van der Waals surface area contributed by atoms with Crippen molar-refractivity contribution in [3.63, 3.8) is 0 Å². The van der Waals surface area contributed by atoms with Crippen LogP contribution in [0.5, 0.6) is 0 Å². The normalized spacial score (nSPS) is 31.5. The third-order valence-electron chi connectivity index (χ3n) is 2.11. The summed E-state index contributed by atoms with van der Waals surface area (Å²) in [6.07, 6.45) is 0. The molecule has 11 heavy (non-hydrogen) atoms. The number of likely N-dealkylation sites (tertiary alicyclic amines) is 1. The molecule has 1 saturated heterocycles. The highest BCUT2D eigenvalue weighted by Crippen LogP contribution is 2.20. The van der Waals surface area contributed by atoms with E-state index in [9.17, 15) is 4.79 Å². The first kappa shape index (κ1) is 10.7. The monoisotopic (exact) mass is 179 g/mol. The minimum atomic E-state index is -0.656. The Morgan fingerprint density at radius 3 is 2.27 bits per heavy atom. The smallest absolute Gasteiger partial charge is 0.308 e. The van der Waals surface area contributed by atoms with Crippen molar-refractivity contribution in [1.29, 1.82) is 0 Å². The molecule has 1 aliphatic heterocycles. The summed E-state index contributed by atoms with van der Waals surface area (Å²) in [7, 11) is 1.96. The van der Waals surface area contributed by atoms with E-state index < -0.39 is 5.97 Å². The molecule has 1 heterocycles. The lowest BCUT2D eigenvalue weighted by Gasteiger charge is -2.06. The molecule has 1 N–H and O–H groups in total. The van der Waals surface area contributed by atoms with Crippen LogP contribution in [-0.4, -0.2) is 36.1 Å². The van der Waals surface area contributed by atoms with Crippen molar-refractivity contribution in [1.82, 2.24) is 4.90 Å². The molecule has 0 amide bonds. The Labute approximate surface area is 72.8 Å². The molecule has 0 radical (unpaired) electrons. The van der Waals surface area contributed by atoms with E-state index in [4.69, 9.17) is 5.11 Å². The maximum Gasteiger partial charge on any atom is 0.308 e. The minimum Gasteiger partial charge on any atom is -0.481 e. The molecular weight excluding hydrogens is 166 g/mol. The summed E-state index contributed by atoms with van der Waals surface area (Å²) >= 11 is 0. The molecule has 1 rings (SSSR count). The van der Waals surface area contributed by atoms with E-state index >= 15 is 0 Å². The van der Waals surface area contributed by atoms with Crippen LogP contribution in [0.25, 0.3) is 0 Å². The van der Waals surface area contributed by atoms with Gasteiger partial charge in [0.1, 0.15) is 0 Å². The Balaban J connectivity index is 0.000001000. The Morgan fingerprint density at radius 1 is 1.55 bits per heavy atom. The fourth-order valence-electron chi connectivity index (χ4n) is 1.53. The molecule has 3 nitrogen and oxygen atoms in total. The first-order valence-corrected chi connectivity index (χ1v) is 3.52. The van der Waals surface area contributed by atoms with E-state index in [2.05, 4.69) is 4.90 Å². The summed E-state index contributed by atoms with van der Waals surface area (Å²) in [5.41, 5.74) is 0. The molecule has 0 aromatic rings. The van der Waals surface area contributed by atoms with Crippen LogP contribution in [0.2, 0.25) is 0 Å². The van der Waals surface area contributed by atoms with Crippen LogP contribution in [0, 0.1) is 11.8 Å². The zero-order valence-electron chi connectivity index (χ0n) is 6.78. The zero-order chi connectivity index (χ0) is 7.72. The number of halogens is 1. The van der Waals surface area contributed by atoms with Gasteiger partial charge in [-0.2, -0.15) is 0 Å². The van der Waals surface area contributed by atoms with E-state index in [1.54, 1.807) is 0 Å². The number of hydrogen-bond acceptors (Lipinski definition) is 2. The number of carbonyl (C=O) groups is 1. The van der Waals surface area contributed by atoms with Crippen LogP contribution in [0.3, 0.4) is 0 Å². The predicted molar refractivity (Wildman–Crippen MR) is 45.0 cm³/mol. The van der Waals surface area contributed by atoms with Crippen molar-refractivity contribution < 1.29 is 9.90 Å². The molecule has 0 aromatic carbocycles. The number of rotatable bonds is 1. The number of nitrogens with zero attached hydrogens (tertiary/aromatic N) is 1. The predicted octanol–water partition coefficient (Wildman–Crippen LogP) is 0.690. The molecule has 0 saturated carbocycles. The van der Waals surface area contributed by atoms with Crippen molar-refractivity contribution in [2.45, 2.75) is 6.92 Å². The summed E-state index contributed by atoms with van der Waals surface area (Å²) in [4.78, 5) is 12.6. The summed E-state index contributed by atoms with van der Waals surface area (Å²) in [6, 6.07) is 0.